The summed E-state index contributed by atoms with van der Waals surface area (Å²) in [6.07, 6.45) is -3.21. The molecule has 1 N–H and O–H groups in total. The number of nitrogens with zero attached hydrogens (tertiary/aromatic N) is 1. The Hall–Kier alpha value is -2.66. The van der Waals surface area contributed by atoms with Crippen LogP contribution < -0.4 is 15.0 Å². The highest BCUT2D eigenvalue weighted by atomic mass is 79.9. The number of amides is 2. The lowest BCUT2D eigenvalue weighted by Gasteiger charge is -2.41. The van der Waals surface area contributed by atoms with Crippen LogP contribution >= 0.6 is 15.9 Å². The summed E-state index contributed by atoms with van der Waals surface area (Å²) in [6, 6.07) is 10.6. The number of rotatable bonds is 3. The van der Waals surface area contributed by atoms with E-state index in [0.29, 0.717) is 10.2 Å². The van der Waals surface area contributed by atoms with Crippen LogP contribution in [0.1, 0.15) is 24.0 Å². The number of urea groups is 1. The molecule has 2 amide bonds. The molecule has 0 bridgehead atoms. The van der Waals surface area contributed by atoms with Crippen LogP contribution in [-0.4, -0.2) is 19.3 Å². The van der Waals surface area contributed by atoms with Gasteiger partial charge in [-0.1, -0.05) is 46.0 Å². The number of benzene rings is 2. The fourth-order valence-electron chi connectivity index (χ4n) is 3.35. The SMILES string of the molecule is COc1ccc(CN2C(=O)NC(C#CC3CC3)(C(F)(F)F)c3ccc(Br)cc32)cc1. The highest BCUT2D eigenvalue weighted by Gasteiger charge is 2.60. The van der Waals surface area contributed by atoms with Crippen LogP contribution in [0.2, 0.25) is 0 Å². The van der Waals surface area contributed by atoms with Gasteiger partial charge < -0.3 is 10.1 Å². The number of nitrogens with one attached hydrogen (secondary N) is 1. The van der Waals surface area contributed by atoms with E-state index in [0.717, 1.165) is 18.4 Å². The van der Waals surface area contributed by atoms with Gasteiger partial charge in [-0.15, -0.1) is 0 Å². The van der Waals surface area contributed by atoms with E-state index in [-0.39, 0.29) is 23.7 Å². The second kappa shape index (κ2) is 7.55. The molecule has 2 aromatic carbocycles. The van der Waals surface area contributed by atoms with Crippen LogP contribution in [0.3, 0.4) is 0 Å². The van der Waals surface area contributed by atoms with Crippen LogP contribution in [0.4, 0.5) is 23.7 Å². The molecule has 1 unspecified atom stereocenters. The average molecular weight is 479 g/mol. The van der Waals surface area contributed by atoms with Gasteiger partial charge in [-0.25, -0.2) is 4.79 Å². The van der Waals surface area contributed by atoms with Crippen molar-refractivity contribution in [2.75, 3.05) is 12.0 Å². The lowest BCUT2D eigenvalue weighted by atomic mass is 9.85. The van der Waals surface area contributed by atoms with Crippen LogP contribution in [0.5, 0.6) is 5.75 Å². The molecule has 1 heterocycles. The van der Waals surface area contributed by atoms with Crippen molar-refractivity contribution in [1.82, 2.24) is 5.32 Å². The van der Waals surface area contributed by atoms with Gasteiger partial charge in [0.15, 0.2) is 0 Å². The molecule has 30 heavy (non-hydrogen) atoms. The molecule has 156 valence electrons. The molecule has 1 fully saturated rings. The Balaban J connectivity index is 1.80. The maximum atomic E-state index is 14.3. The second-order valence-electron chi connectivity index (χ2n) is 7.32. The molecular formula is C22H18BrF3N2O2. The number of fused-ring (bicyclic) bond motifs is 1. The smallest absolute Gasteiger partial charge is 0.427 e. The van der Waals surface area contributed by atoms with Crippen molar-refractivity contribution in [3.63, 3.8) is 0 Å². The Bertz CT molecular complexity index is 1040. The minimum absolute atomic E-state index is 0.0441. The van der Waals surface area contributed by atoms with E-state index < -0.39 is 17.7 Å². The number of methoxy groups -OCH3 is 1. The first-order chi connectivity index (χ1) is 14.2. The molecule has 0 saturated heterocycles. The van der Waals surface area contributed by atoms with Gasteiger partial charge in [0, 0.05) is 16.0 Å². The lowest BCUT2D eigenvalue weighted by molar-refractivity contribution is -0.179. The first-order valence-corrected chi connectivity index (χ1v) is 10.1. The molecule has 0 spiro atoms. The zero-order valence-electron chi connectivity index (χ0n) is 16.0. The minimum atomic E-state index is -4.78. The Morgan fingerprint density at radius 2 is 1.93 bits per heavy atom. The van der Waals surface area contributed by atoms with E-state index in [1.807, 2.05) is 0 Å². The van der Waals surface area contributed by atoms with Crippen LogP contribution in [0, 0.1) is 17.8 Å². The molecule has 8 heteroatoms. The Labute approximate surface area is 180 Å². The number of anilines is 1. The maximum Gasteiger partial charge on any atom is 0.427 e. The number of hydrogen-bond acceptors (Lipinski definition) is 2. The van der Waals surface area contributed by atoms with Gasteiger partial charge in [-0.2, -0.15) is 13.2 Å². The van der Waals surface area contributed by atoms with Crippen molar-refractivity contribution in [3.05, 3.63) is 58.1 Å². The Morgan fingerprint density at radius 1 is 1.23 bits per heavy atom. The fourth-order valence-corrected chi connectivity index (χ4v) is 3.70. The van der Waals surface area contributed by atoms with Gasteiger partial charge in [0.2, 0.25) is 5.54 Å². The molecule has 0 aromatic heterocycles. The predicted molar refractivity (Wildman–Crippen MR) is 110 cm³/mol. The summed E-state index contributed by atoms with van der Waals surface area (Å²) in [7, 11) is 1.54. The molecule has 4 nitrogen and oxygen atoms in total. The molecule has 0 radical (unpaired) electrons. The van der Waals surface area contributed by atoms with Gasteiger partial charge >= 0.3 is 12.2 Å². The van der Waals surface area contributed by atoms with Crippen molar-refractivity contribution in [1.29, 1.82) is 0 Å². The van der Waals surface area contributed by atoms with E-state index in [4.69, 9.17) is 4.74 Å². The maximum absolute atomic E-state index is 14.3. The van der Waals surface area contributed by atoms with Crippen LogP contribution in [0.25, 0.3) is 0 Å². The van der Waals surface area contributed by atoms with E-state index in [1.165, 1.54) is 23.1 Å². The third kappa shape index (κ3) is 3.74. The van der Waals surface area contributed by atoms with E-state index in [1.54, 1.807) is 31.4 Å². The number of carbonyl (C=O) groups excluding carboxylic acids is 1. The molecular weight excluding hydrogens is 461 g/mol. The highest BCUT2D eigenvalue weighted by Crippen LogP contribution is 2.47. The summed E-state index contributed by atoms with van der Waals surface area (Å²) in [4.78, 5) is 14.2. The van der Waals surface area contributed by atoms with E-state index >= 15 is 0 Å². The Kier molecular flexibility index (Phi) is 5.18. The van der Waals surface area contributed by atoms with Gasteiger partial charge in [-0.3, -0.25) is 4.90 Å². The van der Waals surface area contributed by atoms with Crippen molar-refractivity contribution in [2.45, 2.75) is 31.1 Å². The summed E-state index contributed by atoms with van der Waals surface area (Å²) in [5.74, 6) is 5.68. The van der Waals surface area contributed by atoms with Gasteiger partial charge in [-0.05, 0) is 42.7 Å². The number of hydrogen-bond donors (Lipinski definition) is 1. The minimum Gasteiger partial charge on any atom is -0.497 e. The highest BCUT2D eigenvalue weighted by molar-refractivity contribution is 9.10. The monoisotopic (exact) mass is 478 g/mol. The zero-order chi connectivity index (χ0) is 21.5. The predicted octanol–water partition coefficient (Wildman–Crippen LogP) is 5.36. The number of alkyl halides is 3. The van der Waals surface area contributed by atoms with Gasteiger partial charge in [0.1, 0.15) is 5.75 Å². The number of halogens is 4. The average Bonchev–Trinajstić information content (AvgIpc) is 3.53. The molecule has 1 atom stereocenters. The standard InChI is InChI=1S/C22H18BrF3N2O2/c1-30-17-7-4-15(5-8-17)13-28-19-12-16(23)6-9-18(19)21(22(24,25)26,27-20(28)29)11-10-14-2-3-14/h4-9,12,14H,2-3,13H2,1H3,(H,27,29). The summed E-state index contributed by atoms with van der Waals surface area (Å²) < 4.78 is 48.6. The third-order valence-corrected chi connectivity index (χ3v) is 5.65. The third-order valence-electron chi connectivity index (χ3n) is 5.16. The molecule has 1 aliphatic heterocycles. The first kappa shape index (κ1) is 20.6. The molecule has 1 aliphatic carbocycles. The largest absolute Gasteiger partial charge is 0.497 e. The van der Waals surface area contributed by atoms with Crippen molar-refractivity contribution in [3.8, 4) is 17.6 Å². The molecule has 2 aromatic rings. The molecule has 1 saturated carbocycles. The summed E-state index contributed by atoms with van der Waals surface area (Å²) >= 11 is 3.31. The normalized spacial score (nSPS) is 20.7. The summed E-state index contributed by atoms with van der Waals surface area (Å²) in [5.41, 5.74) is -1.90. The number of ether oxygens (including phenoxy) is 1. The zero-order valence-corrected chi connectivity index (χ0v) is 17.6. The van der Waals surface area contributed by atoms with Crippen molar-refractivity contribution in [2.24, 2.45) is 5.92 Å². The molecule has 2 aliphatic rings. The number of carbonyl (C=O) groups is 1. The first-order valence-electron chi connectivity index (χ1n) is 9.35. The van der Waals surface area contributed by atoms with Gasteiger partial charge in [0.05, 0.1) is 19.3 Å². The van der Waals surface area contributed by atoms with Crippen molar-refractivity contribution < 1.29 is 22.7 Å². The topological polar surface area (TPSA) is 41.6 Å². The van der Waals surface area contributed by atoms with E-state index in [2.05, 4.69) is 33.1 Å². The van der Waals surface area contributed by atoms with Crippen LogP contribution in [0.15, 0.2) is 46.9 Å². The van der Waals surface area contributed by atoms with Crippen molar-refractivity contribution >= 4 is 27.6 Å². The molecule has 4 rings (SSSR count). The second-order valence-corrected chi connectivity index (χ2v) is 8.23. The fraction of sp³-hybridized carbons (Fsp3) is 0.318. The summed E-state index contributed by atoms with van der Waals surface area (Å²) in [6.45, 7) is 0.100. The Morgan fingerprint density at radius 3 is 2.53 bits per heavy atom. The van der Waals surface area contributed by atoms with Crippen LogP contribution in [-0.2, 0) is 12.1 Å². The lowest BCUT2D eigenvalue weighted by Crippen LogP contribution is -2.62. The quantitative estimate of drug-likeness (QED) is 0.603. The summed E-state index contributed by atoms with van der Waals surface area (Å²) in [5, 5.41) is 2.17. The van der Waals surface area contributed by atoms with Gasteiger partial charge in [0.25, 0.3) is 0 Å². The van der Waals surface area contributed by atoms with E-state index in [9.17, 15) is 18.0 Å².